The van der Waals surface area contributed by atoms with Gasteiger partial charge in [0.15, 0.2) is 0 Å². The SMILES string of the molecule is CC(C)C(C)NC(=O)/C=C/C=C/C1C(c2ccc(Cl)c(Cl)c2)C1(C)C. The number of amides is 1. The largest absolute Gasteiger partial charge is 0.350 e. The molecule has 3 unspecified atom stereocenters. The fourth-order valence-corrected chi connectivity index (χ4v) is 3.45. The third-order valence-corrected chi connectivity index (χ3v) is 6.00. The third-order valence-electron chi connectivity index (χ3n) is 5.26. The Morgan fingerprint density at radius 2 is 1.84 bits per heavy atom. The van der Waals surface area contributed by atoms with Crippen LogP contribution < -0.4 is 5.32 Å². The molecule has 0 heterocycles. The number of hydrogen-bond donors (Lipinski definition) is 1. The highest BCUT2D eigenvalue weighted by molar-refractivity contribution is 6.42. The summed E-state index contributed by atoms with van der Waals surface area (Å²) < 4.78 is 0. The third kappa shape index (κ3) is 4.89. The summed E-state index contributed by atoms with van der Waals surface area (Å²) in [5, 5.41) is 4.14. The first-order valence-corrected chi connectivity index (χ1v) is 9.50. The van der Waals surface area contributed by atoms with Crippen LogP contribution in [0.4, 0.5) is 0 Å². The Morgan fingerprint density at radius 1 is 1.16 bits per heavy atom. The normalized spacial score (nSPS) is 23.4. The standard InChI is InChI=1S/C21H27Cl2NO/c1-13(2)14(3)24-19(25)9-7-6-8-16-20(21(16,4)5)15-10-11-17(22)18(23)12-15/h6-14,16,20H,1-5H3,(H,24,25)/b8-6+,9-7+. The van der Waals surface area contributed by atoms with Crippen LogP contribution in [0.2, 0.25) is 10.0 Å². The van der Waals surface area contributed by atoms with Crippen molar-refractivity contribution in [3.8, 4) is 0 Å². The van der Waals surface area contributed by atoms with Gasteiger partial charge >= 0.3 is 0 Å². The maximum Gasteiger partial charge on any atom is 0.244 e. The zero-order chi connectivity index (χ0) is 18.8. The lowest BCUT2D eigenvalue weighted by molar-refractivity contribution is -0.117. The molecular formula is C21H27Cl2NO. The molecule has 1 aromatic rings. The van der Waals surface area contributed by atoms with Crippen molar-refractivity contribution in [1.29, 1.82) is 0 Å². The lowest BCUT2D eigenvalue weighted by Crippen LogP contribution is -2.34. The number of halogens is 2. The van der Waals surface area contributed by atoms with Crippen LogP contribution in [0.1, 0.15) is 46.1 Å². The smallest absolute Gasteiger partial charge is 0.244 e. The number of carbonyl (C=O) groups excluding carboxylic acids is 1. The van der Waals surface area contributed by atoms with Gasteiger partial charge in [-0.1, -0.05) is 75.2 Å². The molecule has 1 aliphatic rings. The first kappa shape index (κ1) is 20.1. The first-order valence-electron chi connectivity index (χ1n) is 8.75. The van der Waals surface area contributed by atoms with E-state index < -0.39 is 0 Å². The molecule has 1 aliphatic carbocycles. The van der Waals surface area contributed by atoms with Gasteiger partial charge in [-0.25, -0.2) is 0 Å². The van der Waals surface area contributed by atoms with E-state index in [1.54, 1.807) is 6.08 Å². The molecule has 0 radical (unpaired) electrons. The number of allylic oxidation sites excluding steroid dienone is 3. The second-order valence-electron chi connectivity index (χ2n) is 7.78. The zero-order valence-corrected chi connectivity index (χ0v) is 17.0. The fourth-order valence-electron chi connectivity index (χ4n) is 3.15. The van der Waals surface area contributed by atoms with Gasteiger partial charge in [-0.3, -0.25) is 4.79 Å². The molecule has 25 heavy (non-hydrogen) atoms. The molecular weight excluding hydrogens is 353 g/mol. The second kappa shape index (κ2) is 7.97. The van der Waals surface area contributed by atoms with Crippen LogP contribution in [0.3, 0.4) is 0 Å². The maximum atomic E-state index is 11.8. The van der Waals surface area contributed by atoms with Crippen molar-refractivity contribution in [2.45, 2.75) is 46.6 Å². The molecule has 0 saturated heterocycles. The topological polar surface area (TPSA) is 29.1 Å². The number of nitrogens with one attached hydrogen (secondary N) is 1. The first-order chi connectivity index (χ1) is 11.6. The van der Waals surface area contributed by atoms with Crippen LogP contribution in [0.5, 0.6) is 0 Å². The Bertz CT molecular complexity index is 691. The zero-order valence-electron chi connectivity index (χ0n) is 15.5. The molecule has 1 saturated carbocycles. The number of carbonyl (C=O) groups is 1. The van der Waals surface area contributed by atoms with Crippen LogP contribution in [0, 0.1) is 17.3 Å². The summed E-state index contributed by atoms with van der Waals surface area (Å²) in [6, 6.07) is 6.03. The molecule has 0 aliphatic heterocycles. The molecule has 136 valence electrons. The van der Waals surface area contributed by atoms with Crippen molar-refractivity contribution in [2.75, 3.05) is 0 Å². The maximum absolute atomic E-state index is 11.8. The van der Waals surface area contributed by atoms with E-state index in [9.17, 15) is 4.79 Å². The van der Waals surface area contributed by atoms with Gasteiger partial charge in [0.25, 0.3) is 0 Å². The van der Waals surface area contributed by atoms with Crippen molar-refractivity contribution in [1.82, 2.24) is 5.32 Å². The highest BCUT2D eigenvalue weighted by atomic mass is 35.5. The van der Waals surface area contributed by atoms with E-state index in [0.29, 0.717) is 27.8 Å². The summed E-state index contributed by atoms with van der Waals surface area (Å²) in [7, 11) is 0. The molecule has 0 bridgehead atoms. The van der Waals surface area contributed by atoms with Crippen LogP contribution in [-0.2, 0) is 4.79 Å². The van der Waals surface area contributed by atoms with Crippen molar-refractivity contribution >= 4 is 29.1 Å². The van der Waals surface area contributed by atoms with E-state index >= 15 is 0 Å². The van der Waals surface area contributed by atoms with E-state index in [4.69, 9.17) is 23.2 Å². The predicted octanol–water partition coefficient (Wildman–Crippen LogP) is 6.01. The minimum atomic E-state index is -0.0538. The molecule has 4 heteroatoms. The highest BCUT2D eigenvalue weighted by Crippen LogP contribution is 2.65. The predicted molar refractivity (Wildman–Crippen MR) is 107 cm³/mol. The van der Waals surface area contributed by atoms with E-state index in [0.717, 1.165) is 0 Å². The quantitative estimate of drug-likeness (QED) is 0.476. The minimum absolute atomic E-state index is 0.0538. The second-order valence-corrected chi connectivity index (χ2v) is 8.60. The Hall–Kier alpha value is -1.25. The Balaban J connectivity index is 1.96. The average molecular weight is 380 g/mol. The molecule has 1 N–H and O–H groups in total. The molecule has 1 amide bonds. The van der Waals surface area contributed by atoms with E-state index in [1.807, 2.05) is 37.3 Å². The van der Waals surface area contributed by atoms with Crippen LogP contribution in [0.25, 0.3) is 0 Å². The average Bonchev–Trinajstić information content (AvgIpc) is 3.07. The van der Waals surface area contributed by atoms with E-state index in [2.05, 4.69) is 39.1 Å². The highest BCUT2D eigenvalue weighted by Gasteiger charge is 2.56. The van der Waals surface area contributed by atoms with Gasteiger partial charge < -0.3 is 5.32 Å². The van der Waals surface area contributed by atoms with Crippen molar-refractivity contribution in [3.63, 3.8) is 0 Å². The van der Waals surface area contributed by atoms with Crippen LogP contribution in [-0.4, -0.2) is 11.9 Å². The van der Waals surface area contributed by atoms with Crippen molar-refractivity contribution in [2.24, 2.45) is 17.3 Å². The summed E-state index contributed by atoms with van der Waals surface area (Å²) in [5.41, 5.74) is 1.39. The fraction of sp³-hybridized carbons (Fsp3) is 0.476. The van der Waals surface area contributed by atoms with Gasteiger partial charge in [-0.2, -0.15) is 0 Å². The lowest BCUT2D eigenvalue weighted by atomic mass is 10.0. The Kier molecular flexibility index (Phi) is 6.40. The number of rotatable bonds is 6. The van der Waals surface area contributed by atoms with Crippen LogP contribution in [0.15, 0.2) is 42.5 Å². The van der Waals surface area contributed by atoms with Gasteiger partial charge in [-0.05, 0) is 47.8 Å². The summed E-state index contributed by atoms with van der Waals surface area (Å²) in [6.45, 7) is 10.7. The van der Waals surface area contributed by atoms with Gasteiger partial charge in [0, 0.05) is 12.1 Å². The van der Waals surface area contributed by atoms with Gasteiger partial charge in [0.05, 0.1) is 10.0 Å². The molecule has 1 fully saturated rings. The van der Waals surface area contributed by atoms with E-state index in [-0.39, 0.29) is 17.4 Å². The lowest BCUT2D eigenvalue weighted by Gasteiger charge is -2.15. The van der Waals surface area contributed by atoms with Gasteiger partial charge in [-0.15, -0.1) is 0 Å². The molecule has 0 aromatic heterocycles. The summed E-state index contributed by atoms with van der Waals surface area (Å²) in [5.74, 6) is 1.21. The summed E-state index contributed by atoms with van der Waals surface area (Å²) in [6.07, 6.45) is 7.52. The molecule has 1 aromatic carbocycles. The van der Waals surface area contributed by atoms with Crippen molar-refractivity contribution < 1.29 is 4.79 Å². The van der Waals surface area contributed by atoms with Gasteiger partial charge in [0.2, 0.25) is 5.91 Å². The molecule has 2 nitrogen and oxygen atoms in total. The molecule has 0 spiro atoms. The number of benzene rings is 1. The van der Waals surface area contributed by atoms with Gasteiger partial charge in [0.1, 0.15) is 0 Å². The Morgan fingerprint density at radius 3 is 2.44 bits per heavy atom. The number of hydrogen-bond acceptors (Lipinski definition) is 1. The van der Waals surface area contributed by atoms with Crippen LogP contribution >= 0.6 is 23.2 Å². The van der Waals surface area contributed by atoms with Crippen molar-refractivity contribution in [3.05, 3.63) is 58.1 Å². The monoisotopic (exact) mass is 379 g/mol. The van der Waals surface area contributed by atoms with E-state index in [1.165, 1.54) is 5.56 Å². The Labute approximate surface area is 161 Å². The minimum Gasteiger partial charge on any atom is -0.350 e. The molecule has 2 rings (SSSR count). The summed E-state index contributed by atoms with van der Waals surface area (Å²) >= 11 is 12.2. The molecule has 3 atom stereocenters. The summed E-state index contributed by atoms with van der Waals surface area (Å²) in [4.78, 5) is 11.8.